The van der Waals surface area contributed by atoms with Crippen molar-refractivity contribution in [1.29, 1.82) is 0 Å². The minimum absolute atomic E-state index is 0.00547. The van der Waals surface area contributed by atoms with E-state index in [0.717, 1.165) is 5.39 Å². The highest BCUT2D eigenvalue weighted by molar-refractivity contribution is 6.00. The molecule has 1 aliphatic heterocycles. The summed E-state index contributed by atoms with van der Waals surface area (Å²) in [5.74, 6) is -4.25. The Hall–Kier alpha value is -3.86. The number of hydrogen-bond acceptors (Lipinski definition) is 7. The first-order valence-corrected chi connectivity index (χ1v) is 12.4. The zero-order valence-electron chi connectivity index (χ0n) is 21.5. The number of nitrogens with zero attached hydrogens (tertiary/aromatic N) is 2. The third-order valence-corrected chi connectivity index (χ3v) is 6.66. The number of primary amides is 1. The van der Waals surface area contributed by atoms with Crippen LogP contribution in [0, 0.1) is 6.92 Å². The Morgan fingerprint density at radius 3 is 2.66 bits per heavy atom. The first kappa shape index (κ1) is 27.2. The molecule has 0 saturated carbocycles. The van der Waals surface area contributed by atoms with Crippen molar-refractivity contribution in [3.63, 3.8) is 0 Å². The number of hydrogen-bond donors (Lipinski definition) is 2. The van der Waals surface area contributed by atoms with Crippen LogP contribution in [0.2, 0.25) is 0 Å². The third-order valence-electron chi connectivity index (χ3n) is 6.66. The molecule has 0 aliphatic carbocycles. The van der Waals surface area contributed by atoms with Crippen LogP contribution in [0.4, 0.5) is 14.6 Å². The van der Waals surface area contributed by atoms with Crippen molar-refractivity contribution in [2.24, 2.45) is 5.73 Å². The average Bonchev–Trinajstić information content (AvgIpc) is 3.05. The molecule has 0 bridgehead atoms. The molecule has 11 heteroatoms. The zero-order valence-corrected chi connectivity index (χ0v) is 21.5. The minimum Gasteiger partial charge on any atom is -0.462 e. The van der Waals surface area contributed by atoms with Gasteiger partial charge in [-0.25, -0.2) is 18.6 Å². The Bertz CT molecular complexity index is 1440. The molecule has 9 nitrogen and oxygen atoms in total. The van der Waals surface area contributed by atoms with E-state index < -0.39 is 29.3 Å². The van der Waals surface area contributed by atoms with Gasteiger partial charge in [0.25, 0.3) is 5.91 Å². The van der Waals surface area contributed by atoms with E-state index in [0.29, 0.717) is 23.4 Å². The number of para-hydroxylation sites is 1. The van der Waals surface area contributed by atoms with Gasteiger partial charge in [0.05, 0.1) is 23.4 Å². The molecule has 0 spiro atoms. The van der Waals surface area contributed by atoms with E-state index in [2.05, 4.69) is 4.98 Å². The van der Waals surface area contributed by atoms with Gasteiger partial charge in [-0.2, -0.15) is 0 Å². The van der Waals surface area contributed by atoms with Crippen LogP contribution in [-0.4, -0.2) is 54.6 Å². The highest BCUT2D eigenvalue weighted by Crippen LogP contribution is 2.37. The lowest BCUT2D eigenvalue weighted by molar-refractivity contribution is -0.128. The molecule has 3 N–H and O–H groups in total. The lowest BCUT2D eigenvalue weighted by Gasteiger charge is -2.26. The van der Waals surface area contributed by atoms with Crippen molar-refractivity contribution in [3.8, 4) is 11.3 Å². The van der Waals surface area contributed by atoms with Crippen molar-refractivity contribution in [2.45, 2.75) is 45.1 Å². The van der Waals surface area contributed by atoms with E-state index in [1.807, 2.05) is 18.2 Å². The maximum absolute atomic E-state index is 14.2. The van der Waals surface area contributed by atoms with Gasteiger partial charge < -0.3 is 25.1 Å². The van der Waals surface area contributed by atoms with Crippen molar-refractivity contribution in [1.82, 2.24) is 9.97 Å². The van der Waals surface area contributed by atoms with Gasteiger partial charge in [0.2, 0.25) is 11.4 Å². The second kappa shape index (κ2) is 10.9. The first-order valence-electron chi connectivity index (χ1n) is 12.4. The second-order valence-electron chi connectivity index (χ2n) is 9.23. The fraction of sp³-hybridized carbons (Fsp3) is 0.407. The average molecular weight is 529 g/mol. The van der Waals surface area contributed by atoms with E-state index in [1.165, 1.54) is 7.11 Å². The number of alkyl halides is 2. The summed E-state index contributed by atoms with van der Waals surface area (Å²) in [7, 11) is 1.23. The Morgan fingerprint density at radius 2 is 1.97 bits per heavy atom. The van der Waals surface area contributed by atoms with Gasteiger partial charge in [-0.05, 0) is 32.4 Å². The number of esters is 1. The molecule has 0 radical (unpaired) electrons. The molecular formula is C27H30F2N4O5. The largest absolute Gasteiger partial charge is 0.462 e. The summed E-state index contributed by atoms with van der Waals surface area (Å²) in [6.45, 7) is 3.51. The Labute approximate surface area is 217 Å². The molecule has 2 aromatic heterocycles. The fourth-order valence-electron chi connectivity index (χ4n) is 4.83. The summed E-state index contributed by atoms with van der Waals surface area (Å²) in [4.78, 5) is 48.6. The van der Waals surface area contributed by atoms with E-state index >= 15 is 0 Å². The number of ether oxygens (including phenoxy) is 2. The zero-order chi connectivity index (χ0) is 27.6. The van der Waals surface area contributed by atoms with Gasteiger partial charge in [-0.1, -0.05) is 18.2 Å². The third kappa shape index (κ3) is 5.24. The number of rotatable bonds is 7. The predicted octanol–water partition coefficient (Wildman–Crippen LogP) is 3.87. The number of carbonyl (C=O) groups is 2. The van der Waals surface area contributed by atoms with Crippen LogP contribution < -0.4 is 16.1 Å². The first-order chi connectivity index (χ1) is 18.1. The van der Waals surface area contributed by atoms with E-state index in [9.17, 15) is 23.2 Å². The van der Waals surface area contributed by atoms with E-state index in [1.54, 1.807) is 30.9 Å². The van der Waals surface area contributed by atoms with Gasteiger partial charge in [0.1, 0.15) is 11.4 Å². The standard InChI is InChI=1S/C27H30F2N4O5/c1-4-38-26(36)20-21(31-15(2)19(22(20)34)23(37-3)24(30)35)17-14-16-8-5-6-9-18(16)32-25(17)33-12-7-10-27(28,29)11-13-33/h5-6,8-9,14,23H,4,7,10-13H2,1-3H3,(H2,30,35)(H,31,34)/t23-/m1/s1. The molecule has 3 aromatic rings. The highest BCUT2D eigenvalue weighted by Gasteiger charge is 2.34. The number of benzene rings is 1. The summed E-state index contributed by atoms with van der Waals surface area (Å²) in [6.07, 6.45) is -1.75. The van der Waals surface area contributed by atoms with Gasteiger partial charge in [0, 0.05) is 49.7 Å². The van der Waals surface area contributed by atoms with Crippen molar-refractivity contribution >= 4 is 28.6 Å². The van der Waals surface area contributed by atoms with Gasteiger partial charge in [0.15, 0.2) is 6.10 Å². The summed E-state index contributed by atoms with van der Waals surface area (Å²) in [6, 6.07) is 9.02. The maximum Gasteiger partial charge on any atom is 0.344 e. The Balaban J connectivity index is 2.03. The van der Waals surface area contributed by atoms with Crippen LogP contribution in [0.5, 0.6) is 0 Å². The van der Waals surface area contributed by atoms with E-state index in [-0.39, 0.29) is 54.9 Å². The molecule has 4 rings (SSSR count). The number of nitrogens with one attached hydrogen (secondary N) is 1. The molecule has 0 unspecified atom stereocenters. The SMILES string of the molecule is CCOC(=O)c1c(-c2cc3ccccc3nc2N2CCCC(F)(F)CC2)[nH]c(C)c([C@@H](OC)C(N)=O)c1=O. The molecule has 38 heavy (non-hydrogen) atoms. The lowest BCUT2D eigenvalue weighted by Crippen LogP contribution is -2.33. The molecule has 1 atom stereocenters. The summed E-state index contributed by atoms with van der Waals surface area (Å²) in [5.41, 5.74) is 5.58. The summed E-state index contributed by atoms with van der Waals surface area (Å²) >= 11 is 0. The summed E-state index contributed by atoms with van der Waals surface area (Å²) in [5, 5.41) is 0.718. The molecule has 1 amide bonds. The molecule has 1 aliphatic rings. The van der Waals surface area contributed by atoms with Crippen LogP contribution in [0.1, 0.15) is 53.9 Å². The summed E-state index contributed by atoms with van der Waals surface area (Å²) < 4.78 is 38.8. The van der Waals surface area contributed by atoms with Crippen molar-refractivity contribution in [2.75, 3.05) is 31.7 Å². The lowest BCUT2D eigenvalue weighted by atomic mass is 9.97. The number of H-pyrrole nitrogens is 1. The number of pyridine rings is 2. The molecule has 202 valence electrons. The maximum atomic E-state index is 14.2. The monoisotopic (exact) mass is 528 g/mol. The van der Waals surface area contributed by atoms with Gasteiger partial charge in [-0.15, -0.1) is 0 Å². The second-order valence-corrected chi connectivity index (χ2v) is 9.23. The molecular weight excluding hydrogens is 498 g/mol. The number of aromatic amines is 1. The minimum atomic E-state index is -2.79. The Kier molecular flexibility index (Phi) is 7.77. The van der Waals surface area contributed by atoms with Crippen LogP contribution in [-0.2, 0) is 14.3 Å². The number of aromatic nitrogens is 2. The van der Waals surface area contributed by atoms with Crippen molar-refractivity contribution < 1.29 is 27.8 Å². The number of fused-ring (bicyclic) bond motifs is 1. The van der Waals surface area contributed by atoms with Crippen LogP contribution >= 0.6 is 0 Å². The predicted molar refractivity (Wildman–Crippen MR) is 138 cm³/mol. The van der Waals surface area contributed by atoms with Crippen molar-refractivity contribution in [3.05, 3.63) is 57.4 Å². The molecule has 1 saturated heterocycles. The number of amides is 1. The van der Waals surface area contributed by atoms with Gasteiger partial charge in [-0.3, -0.25) is 9.59 Å². The van der Waals surface area contributed by atoms with Crippen LogP contribution in [0.3, 0.4) is 0 Å². The van der Waals surface area contributed by atoms with Crippen LogP contribution in [0.25, 0.3) is 22.2 Å². The number of methoxy groups -OCH3 is 1. The Morgan fingerprint density at radius 1 is 1.24 bits per heavy atom. The smallest absolute Gasteiger partial charge is 0.344 e. The number of halogens is 2. The molecule has 3 heterocycles. The molecule has 1 aromatic carbocycles. The normalized spacial score (nSPS) is 16.2. The quantitative estimate of drug-likeness (QED) is 0.446. The van der Waals surface area contributed by atoms with E-state index in [4.69, 9.17) is 20.2 Å². The van der Waals surface area contributed by atoms with Gasteiger partial charge >= 0.3 is 5.97 Å². The number of aryl methyl sites for hydroxylation is 1. The number of anilines is 1. The topological polar surface area (TPSA) is 128 Å². The highest BCUT2D eigenvalue weighted by atomic mass is 19.3. The molecule has 1 fully saturated rings. The number of nitrogens with two attached hydrogens (primary N) is 1. The fourth-order valence-corrected chi connectivity index (χ4v) is 4.83. The number of carbonyl (C=O) groups excluding carboxylic acids is 2. The van der Waals surface area contributed by atoms with Crippen LogP contribution in [0.15, 0.2) is 35.1 Å².